The van der Waals surface area contributed by atoms with Gasteiger partial charge in [-0.25, -0.2) is 4.98 Å². The van der Waals surface area contributed by atoms with Gasteiger partial charge in [0, 0.05) is 35.9 Å². The zero-order chi connectivity index (χ0) is 24.0. The van der Waals surface area contributed by atoms with E-state index >= 15 is 0 Å². The molecule has 0 saturated heterocycles. The highest BCUT2D eigenvalue weighted by Crippen LogP contribution is 2.43. The Labute approximate surface area is 196 Å². The first-order valence-corrected chi connectivity index (χ1v) is 11.2. The van der Waals surface area contributed by atoms with Crippen molar-refractivity contribution < 1.29 is 24.3 Å². The molecule has 1 unspecified atom stereocenters. The van der Waals surface area contributed by atoms with Crippen molar-refractivity contribution in [2.24, 2.45) is 0 Å². The number of hydrogen-bond donors (Lipinski definition) is 1. The van der Waals surface area contributed by atoms with Gasteiger partial charge in [0.25, 0.3) is 5.69 Å². The van der Waals surface area contributed by atoms with E-state index in [1.165, 1.54) is 5.56 Å². The minimum atomic E-state index is -0.862. The number of hydrogen-bond acceptors (Lipinski definition) is 6. The number of carboxylic acids is 1. The monoisotopic (exact) mass is 460 g/mol. The van der Waals surface area contributed by atoms with Gasteiger partial charge in [-0.1, -0.05) is 18.2 Å². The third-order valence-electron chi connectivity index (χ3n) is 6.65. The van der Waals surface area contributed by atoms with Gasteiger partial charge in [-0.2, -0.15) is 0 Å². The van der Waals surface area contributed by atoms with Crippen LogP contribution in [0.1, 0.15) is 52.7 Å². The molecule has 2 aliphatic rings. The van der Waals surface area contributed by atoms with E-state index in [9.17, 15) is 14.9 Å². The summed E-state index contributed by atoms with van der Waals surface area (Å²) in [5.74, 6) is 0.0108. The van der Waals surface area contributed by atoms with E-state index in [1.807, 2.05) is 19.9 Å². The number of nitrogens with zero attached hydrogens (tertiary/aromatic N) is 2. The molecule has 34 heavy (non-hydrogen) atoms. The molecule has 2 aromatic carbocycles. The molecule has 0 bridgehead atoms. The average molecular weight is 460 g/mol. The quantitative estimate of drug-likeness (QED) is 0.393. The number of rotatable bonds is 6. The SMILES string of the molecule is Cc1cc([N+](=O)[O-])cc(C)c1-c1cccc2c1CCC2Oc1cc2c(cn1)[C@H](CC(=O)O)CO2. The Kier molecular flexibility index (Phi) is 5.43. The molecule has 3 aromatic rings. The van der Waals surface area contributed by atoms with E-state index in [2.05, 4.69) is 17.1 Å². The lowest BCUT2D eigenvalue weighted by Crippen LogP contribution is -2.07. The van der Waals surface area contributed by atoms with Gasteiger partial charge < -0.3 is 14.6 Å². The molecule has 174 valence electrons. The lowest BCUT2D eigenvalue weighted by molar-refractivity contribution is -0.384. The van der Waals surface area contributed by atoms with Crippen molar-refractivity contribution in [3.05, 3.63) is 80.5 Å². The zero-order valence-electron chi connectivity index (χ0n) is 18.9. The molecule has 2 atom stereocenters. The maximum atomic E-state index is 11.2. The summed E-state index contributed by atoms with van der Waals surface area (Å²) in [5.41, 5.74) is 7.02. The van der Waals surface area contributed by atoms with Crippen LogP contribution in [-0.2, 0) is 11.2 Å². The first-order chi connectivity index (χ1) is 16.3. The summed E-state index contributed by atoms with van der Waals surface area (Å²) in [6.07, 6.45) is 3.11. The van der Waals surface area contributed by atoms with Crippen LogP contribution >= 0.6 is 0 Å². The maximum absolute atomic E-state index is 11.2. The number of fused-ring (bicyclic) bond motifs is 2. The number of benzene rings is 2. The second-order valence-electron chi connectivity index (χ2n) is 8.90. The standard InChI is InChI=1S/C26H24N2O6/c1-14-8-17(28(31)32)9-15(2)26(14)20-5-3-4-19-18(20)6-7-22(19)34-24-11-23-21(12-27-24)16(13-33-23)10-25(29)30/h3-5,8-9,11-12,16,22H,6-7,10,13H2,1-2H3,(H,29,30)/t16-,22?/m1/s1. The molecule has 8 nitrogen and oxygen atoms in total. The second kappa shape index (κ2) is 8.44. The van der Waals surface area contributed by atoms with Crippen LogP contribution in [0, 0.1) is 24.0 Å². The topological polar surface area (TPSA) is 112 Å². The Morgan fingerprint density at radius 3 is 2.71 bits per heavy atom. The Bertz CT molecular complexity index is 1300. The lowest BCUT2D eigenvalue weighted by atomic mass is 9.90. The number of nitro benzene ring substituents is 1. The highest BCUT2D eigenvalue weighted by atomic mass is 16.6. The van der Waals surface area contributed by atoms with Crippen molar-refractivity contribution in [1.82, 2.24) is 4.98 Å². The molecular weight excluding hydrogens is 436 g/mol. The zero-order valence-corrected chi connectivity index (χ0v) is 18.9. The molecule has 0 amide bonds. The molecule has 2 heterocycles. The summed E-state index contributed by atoms with van der Waals surface area (Å²) in [6, 6.07) is 11.1. The first kappa shape index (κ1) is 21.9. The fourth-order valence-electron chi connectivity index (χ4n) is 5.17. The van der Waals surface area contributed by atoms with E-state index < -0.39 is 5.97 Å². The summed E-state index contributed by atoms with van der Waals surface area (Å²) < 4.78 is 11.9. The number of aliphatic carboxylic acids is 1. The molecule has 5 rings (SSSR count). The number of aromatic nitrogens is 1. The number of ether oxygens (including phenoxy) is 2. The van der Waals surface area contributed by atoms with Gasteiger partial charge in [0.05, 0.1) is 18.0 Å². The summed E-state index contributed by atoms with van der Waals surface area (Å²) in [5, 5.41) is 20.3. The molecule has 1 aromatic heterocycles. The summed E-state index contributed by atoms with van der Waals surface area (Å²) in [7, 11) is 0. The Morgan fingerprint density at radius 2 is 2.00 bits per heavy atom. The van der Waals surface area contributed by atoms with Crippen molar-refractivity contribution >= 4 is 11.7 Å². The molecule has 0 saturated carbocycles. The molecule has 0 radical (unpaired) electrons. The minimum Gasteiger partial charge on any atom is -0.492 e. The lowest BCUT2D eigenvalue weighted by Gasteiger charge is -2.17. The van der Waals surface area contributed by atoms with E-state index in [-0.39, 0.29) is 29.1 Å². The number of carboxylic acid groups (broad SMARTS) is 1. The molecule has 0 fully saturated rings. The highest BCUT2D eigenvalue weighted by molar-refractivity contribution is 5.77. The number of carbonyl (C=O) groups is 1. The summed E-state index contributed by atoms with van der Waals surface area (Å²) in [6.45, 7) is 4.14. The fraction of sp³-hybridized carbons (Fsp3) is 0.308. The van der Waals surface area contributed by atoms with Crippen molar-refractivity contribution in [3.63, 3.8) is 0 Å². The Hall–Kier alpha value is -3.94. The number of non-ortho nitro benzene ring substituents is 1. The van der Waals surface area contributed by atoms with E-state index in [0.29, 0.717) is 18.2 Å². The summed E-state index contributed by atoms with van der Waals surface area (Å²) >= 11 is 0. The van der Waals surface area contributed by atoms with Crippen LogP contribution in [0.2, 0.25) is 0 Å². The molecule has 1 aliphatic carbocycles. The van der Waals surface area contributed by atoms with Crippen molar-refractivity contribution in [2.75, 3.05) is 6.61 Å². The fourth-order valence-corrected chi connectivity index (χ4v) is 5.17. The summed E-state index contributed by atoms with van der Waals surface area (Å²) in [4.78, 5) is 26.4. The predicted octanol–water partition coefficient (Wildman–Crippen LogP) is 5.29. The largest absolute Gasteiger partial charge is 0.492 e. The molecule has 1 N–H and O–H groups in total. The van der Waals surface area contributed by atoms with Crippen LogP contribution in [0.5, 0.6) is 11.6 Å². The van der Waals surface area contributed by atoms with Gasteiger partial charge in [-0.15, -0.1) is 0 Å². The van der Waals surface area contributed by atoms with Crippen molar-refractivity contribution in [1.29, 1.82) is 0 Å². The van der Waals surface area contributed by atoms with Crippen LogP contribution in [0.3, 0.4) is 0 Å². The normalized spacial score (nSPS) is 18.2. The third-order valence-corrected chi connectivity index (χ3v) is 6.65. The van der Waals surface area contributed by atoms with Gasteiger partial charge in [0.1, 0.15) is 11.9 Å². The van der Waals surface area contributed by atoms with Crippen LogP contribution in [0.4, 0.5) is 5.69 Å². The van der Waals surface area contributed by atoms with Gasteiger partial charge in [0.15, 0.2) is 0 Å². The van der Waals surface area contributed by atoms with Crippen LogP contribution in [-0.4, -0.2) is 27.6 Å². The highest BCUT2D eigenvalue weighted by Gasteiger charge is 2.30. The smallest absolute Gasteiger partial charge is 0.304 e. The van der Waals surface area contributed by atoms with E-state index in [1.54, 1.807) is 24.4 Å². The van der Waals surface area contributed by atoms with Crippen molar-refractivity contribution in [2.45, 2.75) is 45.1 Å². The number of aryl methyl sites for hydroxylation is 2. The van der Waals surface area contributed by atoms with Crippen LogP contribution in [0.15, 0.2) is 42.6 Å². The second-order valence-corrected chi connectivity index (χ2v) is 8.90. The minimum absolute atomic E-state index is 0.00907. The Balaban J connectivity index is 1.42. The first-order valence-electron chi connectivity index (χ1n) is 11.2. The predicted molar refractivity (Wildman–Crippen MR) is 124 cm³/mol. The third kappa shape index (κ3) is 3.85. The Morgan fingerprint density at radius 1 is 1.24 bits per heavy atom. The van der Waals surface area contributed by atoms with Crippen LogP contribution in [0.25, 0.3) is 11.1 Å². The van der Waals surface area contributed by atoms with E-state index in [0.717, 1.165) is 46.2 Å². The molecule has 0 spiro atoms. The van der Waals surface area contributed by atoms with Gasteiger partial charge >= 0.3 is 5.97 Å². The van der Waals surface area contributed by atoms with Crippen molar-refractivity contribution in [3.8, 4) is 22.8 Å². The van der Waals surface area contributed by atoms with Gasteiger partial charge in [-0.3, -0.25) is 14.9 Å². The molecule has 8 heteroatoms. The molecular formula is C26H24N2O6. The maximum Gasteiger partial charge on any atom is 0.304 e. The van der Waals surface area contributed by atoms with E-state index in [4.69, 9.17) is 14.6 Å². The number of nitro groups is 1. The average Bonchev–Trinajstić information content (AvgIpc) is 3.37. The number of pyridine rings is 1. The van der Waals surface area contributed by atoms with Gasteiger partial charge in [-0.05, 0) is 60.1 Å². The van der Waals surface area contributed by atoms with Crippen LogP contribution < -0.4 is 9.47 Å². The van der Waals surface area contributed by atoms with Gasteiger partial charge in [0.2, 0.25) is 5.88 Å². The molecule has 1 aliphatic heterocycles.